The second kappa shape index (κ2) is 5.09. The maximum Gasteiger partial charge on any atom is 0.158 e. The molecule has 0 atom stereocenters. The molecule has 1 rings (SSSR count). The minimum absolute atomic E-state index is 0.0158. The third-order valence-electron chi connectivity index (χ3n) is 1.48. The van der Waals surface area contributed by atoms with E-state index in [0.717, 1.165) is 6.07 Å². The number of benzene rings is 1. The van der Waals surface area contributed by atoms with Crippen molar-refractivity contribution in [1.29, 1.82) is 0 Å². The van der Waals surface area contributed by atoms with Gasteiger partial charge in [0.15, 0.2) is 11.6 Å². The van der Waals surface area contributed by atoms with Gasteiger partial charge in [-0.25, -0.2) is 13.8 Å². The molecule has 0 amide bonds. The second-order valence-corrected chi connectivity index (χ2v) is 4.02. The van der Waals surface area contributed by atoms with Crippen LogP contribution < -0.4 is 5.73 Å². The van der Waals surface area contributed by atoms with Gasteiger partial charge in [-0.3, -0.25) is 0 Å². The van der Waals surface area contributed by atoms with Crippen LogP contribution in [0.3, 0.4) is 0 Å². The van der Waals surface area contributed by atoms with Crippen LogP contribution in [-0.2, 0) is 0 Å². The van der Waals surface area contributed by atoms with E-state index in [4.69, 9.17) is 28.9 Å². The summed E-state index contributed by atoms with van der Waals surface area (Å²) in [5.74, 6) is -1.66. The summed E-state index contributed by atoms with van der Waals surface area (Å²) in [6, 6.07) is 0.821. The molecule has 0 saturated heterocycles. The van der Waals surface area contributed by atoms with E-state index in [0.29, 0.717) is 0 Å². The Morgan fingerprint density at radius 1 is 1.53 bits per heavy atom. The van der Waals surface area contributed by atoms with E-state index < -0.39 is 11.6 Å². The molecule has 0 unspecified atom stereocenters. The van der Waals surface area contributed by atoms with Crippen LogP contribution in [-0.4, -0.2) is 11.7 Å². The Balaban J connectivity index is 3.36. The Kier molecular flexibility index (Phi) is 4.31. The van der Waals surface area contributed by atoms with Crippen molar-refractivity contribution in [3.05, 3.63) is 27.2 Å². The Hall–Kier alpha value is -0.390. The molecule has 0 aromatic heterocycles. The van der Waals surface area contributed by atoms with Gasteiger partial charge in [0.2, 0.25) is 0 Å². The van der Waals surface area contributed by atoms with E-state index in [2.05, 4.69) is 20.9 Å². The van der Waals surface area contributed by atoms with Crippen LogP contribution in [0, 0.1) is 11.6 Å². The zero-order valence-corrected chi connectivity index (χ0v) is 10.3. The van der Waals surface area contributed by atoms with Crippen molar-refractivity contribution in [3.8, 4) is 0 Å². The summed E-state index contributed by atoms with van der Waals surface area (Å²) in [6.07, 6.45) is 0. The van der Waals surface area contributed by atoms with Crippen molar-refractivity contribution in [3.63, 3.8) is 0 Å². The van der Waals surface area contributed by atoms with Crippen LogP contribution in [0.1, 0.15) is 0 Å². The van der Waals surface area contributed by atoms with Gasteiger partial charge in [-0.1, -0.05) is 11.6 Å². The van der Waals surface area contributed by atoms with Gasteiger partial charge in [-0.05, 0) is 22.0 Å². The van der Waals surface area contributed by atoms with Crippen molar-refractivity contribution in [2.24, 2.45) is 10.7 Å². The van der Waals surface area contributed by atoms with Gasteiger partial charge < -0.3 is 5.73 Å². The van der Waals surface area contributed by atoms with Gasteiger partial charge in [-0.2, -0.15) is 0 Å². The summed E-state index contributed by atoms with van der Waals surface area (Å²) in [6.45, 7) is 0. The Bertz CT molecular complexity index is 424. The Morgan fingerprint density at radius 3 is 2.67 bits per heavy atom. The number of alkyl halides is 1. The van der Waals surface area contributed by atoms with Crippen LogP contribution in [0.4, 0.5) is 14.5 Å². The third kappa shape index (κ3) is 2.80. The minimum Gasteiger partial charge on any atom is -0.386 e. The first-order valence-electron chi connectivity index (χ1n) is 3.69. The zero-order chi connectivity index (χ0) is 11.6. The fourth-order valence-corrected chi connectivity index (χ4v) is 1.69. The second-order valence-electron chi connectivity index (χ2n) is 2.55. The topological polar surface area (TPSA) is 38.4 Å². The standard InChI is InChI=1S/C8H5BrCl2F2N2/c9-6-7(13)3(11)1-4(12)8(6)15-5(14)2-10/h1H,2H2,(H2,14,15). The lowest BCUT2D eigenvalue weighted by molar-refractivity contribution is 0.597. The monoisotopic (exact) mass is 316 g/mol. The van der Waals surface area contributed by atoms with E-state index >= 15 is 0 Å². The molecule has 2 nitrogen and oxygen atoms in total. The number of aliphatic imine (C=N–C) groups is 1. The first-order valence-corrected chi connectivity index (χ1v) is 5.40. The molecule has 0 aliphatic rings. The van der Waals surface area contributed by atoms with E-state index in [1.807, 2.05) is 0 Å². The highest BCUT2D eigenvalue weighted by Crippen LogP contribution is 2.35. The molecule has 0 bridgehead atoms. The summed E-state index contributed by atoms with van der Waals surface area (Å²) in [5, 5.41) is -0.331. The van der Waals surface area contributed by atoms with Crippen LogP contribution in [0.2, 0.25) is 5.02 Å². The van der Waals surface area contributed by atoms with Crippen LogP contribution in [0.25, 0.3) is 0 Å². The highest BCUT2D eigenvalue weighted by atomic mass is 79.9. The largest absolute Gasteiger partial charge is 0.386 e. The first-order chi connectivity index (χ1) is 6.97. The fraction of sp³-hybridized carbons (Fsp3) is 0.125. The van der Waals surface area contributed by atoms with E-state index in [9.17, 15) is 8.78 Å². The lowest BCUT2D eigenvalue weighted by atomic mass is 10.3. The summed E-state index contributed by atoms with van der Waals surface area (Å²) >= 11 is 13.6. The normalized spacial score (nSPS) is 11.9. The predicted octanol–water partition coefficient (Wildman–Crippen LogP) is 3.61. The number of hydrogen-bond donors (Lipinski definition) is 1. The lowest BCUT2D eigenvalue weighted by Crippen LogP contribution is -2.12. The molecule has 0 radical (unpaired) electrons. The minimum atomic E-state index is -0.792. The van der Waals surface area contributed by atoms with Crippen LogP contribution in [0.5, 0.6) is 0 Å². The molecule has 0 saturated carbocycles. The molecule has 7 heteroatoms. The summed E-state index contributed by atoms with van der Waals surface area (Å²) in [5.41, 5.74) is 5.05. The predicted molar refractivity (Wildman–Crippen MR) is 61.1 cm³/mol. The molecule has 0 aliphatic carbocycles. The van der Waals surface area contributed by atoms with Gasteiger partial charge in [0, 0.05) is 0 Å². The molecule has 0 fully saturated rings. The Morgan fingerprint density at radius 2 is 2.13 bits per heavy atom. The smallest absolute Gasteiger partial charge is 0.158 e. The van der Waals surface area contributed by atoms with Crippen molar-refractivity contribution < 1.29 is 8.78 Å². The van der Waals surface area contributed by atoms with E-state index in [-0.39, 0.29) is 26.9 Å². The first kappa shape index (κ1) is 12.7. The average molecular weight is 318 g/mol. The third-order valence-corrected chi connectivity index (χ3v) is 2.75. The molecule has 2 N–H and O–H groups in total. The quantitative estimate of drug-likeness (QED) is 0.292. The van der Waals surface area contributed by atoms with Gasteiger partial charge in [0.1, 0.15) is 11.5 Å². The maximum atomic E-state index is 13.3. The van der Waals surface area contributed by atoms with Crippen molar-refractivity contribution in [1.82, 2.24) is 0 Å². The molecule has 0 aliphatic heterocycles. The number of halogens is 5. The van der Waals surface area contributed by atoms with Gasteiger partial charge in [0.25, 0.3) is 0 Å². The van der Waals surface area contributed by atoms with Gasteiger partial charge in [0.05, 0.1) is 15.4 Å². The molecule has 15 heavy (non-hydrogen) atoms. The fourth-order valence-electron chi connectivity index (χ4n) is 0.833. The van der Waals surface area contributed by atoms with Crippen LogP contribution >= 0.6 is 39.1 Å². The summed E-state index contributed by atoms with van der Waals surface area (Å²) < 4.78 is 26.4. The van der Waals surface area contributed by atoms with Crippen LogP contribution in [0.15, 0.2) is 15.5 Å². The zero-order valence-electron chi connectivity index (χ0n) is 7.20. The molecule has 0 spiro atoms. The molecule has 82 valence electrons. The molecule has 0 heterocycles. The average Bonchev–Trinajstić information content (AvgIpc) is 2.21. The van der Waals surface area contributed by atoms with Crippen molar-refractivity contribution in [2.75, 3.05) is 5.88 Å². The van der Waals surface area contributed by atoms with Gasteiger partial charge in [-0.15, -0.1) is 11.6 Å². The van der Waals surface area contributed by atoms with E-state index in [1.165, 1.54) is 0 Å². The molecule has 1 aromatic carbocycles. The molecular weight excluding hydrogens is 313 g/mol. The maximum absolute atomic E-state index is 13.3. The number of nitrogens with zero attached hydrogens (tertiary/aromatic N) is 1. The van der Waals surface area contributed by atoms with Crippen molar-refractivity contribution in [2.45, 2.75) is 0 Å². The summed E-state index contributed by atoms with van der Waals surface area (Å²) in [7, 11) is 0. The number of rotatable bonds is 2. The van der Waals surface area contributed by atoms with Crippen molar-refractivity contribution >= 4 is 50.7 Å². The SMILES string of the molecule is NC(CCl)=Nc1c(F)cc(Cl)c(F)c1Br. The highest BCUT2D eigenvalue weighted by Gasteiger charge is 2.15. The number of hydrogen-bond acceptors (Lipinski definition) is 1. The number of amidine groups is 1. The summed E-state index contributed by atoms with van der Waals surface area (Å²) in [4.78, 5) is 3.62. The number of nitrogens with two attached hydrogens (primary N) is 1. The van der Waals surface area contributed by atoms with E-state index in [1.54, 1.807) is 0 Å². The Labute approximate surface area is 103 Å². The highest BCUT2D eigenvalue weighted by molar-refractivity contribution is 9.10. The molecule has 1 aromatic rings. The molecular formula is C8H5BrCl2F2N2. The van der Waals surface area contributed by atoms with Gasteiger partial charge >= 0.3 is 0 Å². The lowest BCUT2D eigenvalue weighted by Gasteiger charge is -2.04.